The molecule has 1 aromatic rings. The first-order valence-electron chi connectivity index (χ1n) is 6.47. The minimum absolute atomic E-state index is 0.00634. The molecule has 0 radical (unpaired) electrons. The summed E-state index contributed by atoms with van der Waals surface area (Å²) in [6.07, 6.45) is 3.80. The molecule has 106 valence electrons. The molecule has 1 unspecified atom stereocenters. The number of carbonyl (C=O) groups excluding carboxylic acids is 1. The zero-order valence-corrected chi connectivity index (χ0v) is 11.3. The summed E-state index contributed by atoms with van der Waals surface area (Å²) in [5, 5.41) is 8.57. The van der Waals surface area contributed by atoms with Crippen LogP contribution in [0.1, 0.15) is 24.4 Å². The molecular weight excluding hydrogens is 258 g/mol. The summed E-state index contributed by atoms with van der Waals surface area (Å²) in [5.74, 6) is -0.598. The first-order chi connectivity index (χ1) is 9.61. The normalized spacial score (nSPS) is 18.4. The number of likely N-dealkylation sites (tertiary alicyclic amines) is 1. The molecule has 1 aliphatic rings. The second kappa shape index (κ2) is 6.23. The van der Waals surface area contributed by atoms with Crippen molar-refractivity contribution in [2.45, 2.75) is 18.9 Å². The van der Waals surface area contributed by atoms with Gasteiger partial charge in [0, 0.05) is 18.7 Å². The molecule has 1 fully saturated rings. The molecule has 1 heterocycles. The van der Waals surface area contributed by atoms with Gasteiger partial charge in [-0.1, -0.05) is 12.1 Å². The Bertz CT molecular complexity index is 521. The van der Waals surface area contributed by atoms with Crippen molar-refractivity contribution in [2.75, 3.05) is 13.7 Å². The fraction of sp³-hybridized carbons (Fsp3) is 0.333. The highest BCUT2D eigenvalue weighted by molar-refractivity contribution is 5.94. The van der Waals surface area contributed by atoms with Gasteiger partial charge in [0.15, 0.2) is 0 Å². The SMILES string of the molecule is COc1ccc(C2CCCN2C(=O)/C=C/C(=O)O)cc1. The zero-order valence-electron chi connectivity index (χ0n) is 11.3. The van der Waals surface area contributed by atoms with Gasteiger partial charge >= 0.3 is 5.97 Å². The monoisotopic (exact) mass is 275 g/mol. The van der Waals surface area contributed by atoms with E-state index in [4.69, 9.17) is 9.84 Å². The number of aliphatic carboxylic acids is 1. The van der Waals surface area contributed by atoms with Gasteiger partial charge in [-0.2, -0.15) is 0 Å². The number of amides is 1. The van der Waals surface area contributed by atoms with Gasteiger partial charge in [-0.25, -0.2) is 4.79 Å². The van der Waals surface area contributed by atoms with Gasteiger partial charge in [0.1, 0.15) is 5.75 Å². The smallest absolute Gasteiger partial charge is 0.328 e. The maximum absolute atomic E-state index is 12.0. The van der Waals surface area contributed by atoms with Crippen molar-refractivity contribution < 1.29 is 19.4 Å². The first-order valence-corrected chi connectivity index (χ1v) is 6.47. The standard InChI is InChI=1S/C15H17NO4/c1-20-12-6-4-11(5-7-12)13-3-2-10-16(13)14(17)8-9-15(18)19/h4-9,13H,2-3,10H2,1H3,(H,18,19)/b9-8+. The highest BCUT2D eigenvalue weighted by atomic mass is 16.5. The Morgan fingerprint density at radius 1 is 1.30 bits per heavy atom. The molecule has 1 saturated heterocycles. The van der Waals surface area contributed by atoms with Crippen molar-refractivity contribution >= 4 is 11.9 Å². The maximum Gasteiger partial charge on any atom is 0.328 e. The summed E-state index contributed by atoms with van der Waals surface area (Å²) in [6.45, 7) is 0.652. The van der Waals surface area contributed by atoms with Crippen LogP contribution in [0.15, 0.2) is 36.4 Å². The number of methoxy groups -OCH3 is 1. The van der Waals surface area contributed by atoms with Crippen LogP contribution in [-0.2, 0) is 9.59 Å². The number of ether oxygens (including phenoxy) is 1. The van der Waals surface area contributed by atoms with E-state index in [0.29, 0.717) is 6.54 Å². The molecule has 20 heavy (non-hydrogen) atoms. The van der Waals surface area contributed by atoms with Gasteiger partial charge in [0.2, 0.25) is 5.91 Å². The van der Waals surface area contributed by atoms with Crippen molar-refractivity contribution in [3.63, 3.8) is 0 Å². The van der Waals surface area contributed by atoms with Crippen LogP contribution in [-0.4, -0.2) is 35.5 Å². The molecule has 5 heteroatoms. The van der Waals surface area contributed by atoms with Crippen molar-refractivity contribution in [1.82, 2.24) is 4.90 Å². The number of benzene rings is 1. The summed E-state index contributed by atoms with van der Waals surface area (Å²) in [5.41, 5.74) is 1.04. The average molecular weight is 275 g/mol. The van der Waals surface area contributed by atoms with Crippen LogP contribution >= 0.6 is 0 Å². The van der Waals surface area contributed by atoms with E-state index in [-0.39, 0.29) is 11.9 Å². The zero-order chi connectivity index (χ0) is 14.5. The lowest BCUT2D eigenvalue weighted by molar-refractivity contribution is -0.132. The molecule has 0 spiro atoms. The fourth-order valence-corrected chi connectivity index (χ4v) is 2.44. The van der Waals surface area contributed by atoms with Gasteiger partial charge in [-0.3, -0.25) is 4.79 Å². The molecule has 2 rings (SSSR count). The number of rotatable bonds is 4. The largest absolute Gasteiger partial charge is 0.497 e. The van der Waals surface area contributed by atoms with Crippen LogP contribution in [0.2, 0.25) is 0 Å². The summed E-state index contributed by atoms with van der Waals surface area (Å²) >= 11 is 0. The van der Waals surface area contributed by atoms with Crippen LogP contribution in [0.4, 0.5) is 0 Å². The fourth-order valence-electron chi connectivity index (χ4n) is 2.44. The Balaban J connectivity index is 2.13. The average Bonchev–Trinajstić information content (AvgIpc) is 2.94. The van der Waals surface area contributed by atoms with Crippen molar-refractivity contribution in [2.24, 2.45) is 0 Å². The van der Waals surface area contributed by atoms with E-state index < -0.39 is 5.97 Å². The minimum atomic E-state index is -1.11. The van der Waals surface area contributed by atoms with Gasteiger partial charge < -0.3 is 14.7 Å². The van der Waals surface area contributed by atoms with E-state index in [1.165, 1.54) is 0 Å². The van der Waals surface area contributed by atoms with E-state index in [1.807, 2.05) is 24.3 Å². The molecule has 5 nitrogen and oxygen atoms in total. The number of hydrogen-bond donors (Lipinski definition) is 1. The predicted molar refractivity (Wildman–Crippen MR) is 73.5 cm³/mol. The molecule has 1 atom stereocenters. The molecule has 0 aromatic heterocycles. The van der Waals surface area contributed by atoms with Crippen LogP contribution in [0, 0.1) is 0 Å². The van der Waals surface area contributed by atoms with Crippen LogP contribution in [0.25, 0.3) is 0 Å². The third kappa shape index (κ3) is 3.17. The Morgan fingerprint density at radius 2 is 2.00 bits per heavy atom. The van der Waals surface area contributed by atoms with E-state index in [0.717, 1.165) is 36.3 Å². The third-order valence-electron chi connectivity index (χ3n) is 3.40. The lowest BCUT2D eigenvalue weighted by Gasteiger charge is -2.24. The highest BCUT2D eigenvalue weighted by Crippen LogP contribution is 2.32. The topological polar surface area (TPSA) is 66.8 Å². The lowest BCUT2D eigenvalue weighted by atomic mass is 10.0. The summed E-state index contributed by atoms with van der Waals surface area (Å²) in [7, 11) is 1.61. The van der Waals surface area contributed by atoms with Crippen molar-refractivity contribution in [3.8, 4) is 5.75 Å². The van der Waals surface area contributed by atoms with E-state index in [9.17, 15) is 9.59 Å². The summed E-state index contributed by atoms with van der Waals surface area (Å²) in [4.78, 5) is 24.2. The Kier molecular flexibility index (Phi) is 4.40. The highest BCUT2D eigenvalue weighted by Gasteiger charge is 2.28. The minimum Gasteiger partial charge on any atom is -0.497 e. The maximum atomic E-state index is 12.0. The molecule has 1 aromatic carbocycles. The van der Waals surface area contributed by atoms with E-state index >= 15 is 0 Å². The molecule has 0 saturated carbocycles. The second-order valence-corrected chi connectivity index (χ2v) is 4.63. The first kappa shape index (κ1) is 14.1. The number of carbonyl (C=O) groups is 2. The van der Waals surface area contributed by atoms with Gasteiger partial charge in [0.25, 0.3) is 0 Å². The molecule has 1 aliphatic heterocycles. The van der Waals surface area contributed by atoms with Gasteiger partial charge in [0.05, 0.1) is 13.2 Å². The molecule has 1 N–H and O–H groups in total. The Morgan fingerprint density at radius 3 is 2.60 bits per heavy atom. The third-order valence-corrected chi connectivity index (χ3v) is 3.40. The van der Waals surface area contributed by atoms with Crippen LogP contribution < -0.4 is 4.74 Å². The van der Waals surface area contributed by atoms with Gasteiger partial charge in [-0.05, 0) is 30.5 Å². The van der Waals surface area contributed by atoms with Crippen molar-refractivity contribution in [3.05, 3.63) is 42.0 Å². The molecular formula is C15H17NO4. The quantitative estimate of drug-likeness (QED) is 0.853. The number of hydrogen-bond acceptors (Lipinski definition) is 3. The van der Waals surface area contributed by atoms with Crippen molar-refractivity contribution in [1.29, 1.82) is 0 Å². The lowest BCUT2D eigenvalue weighted by Crippen LogP contribution is -2.29. The number of nitrogens with zero attached hydrogens (tertiary/aromatic N) is 1. The summed E-state index contributed by atoms with van der Waals surface area (Å²) < 4.78 is 5.11. The number of carboxylic acids is 1. The van der Waals surface area contributed by atoms with Gasteiger partial charge in [-0.15, -0.1) is 0 Å². The number of carboxylic acid groups (broad SMARTS) is 1. The second-order valence-electron chi connectivity index (χ2n) is 4.63. The van der Waals surface area contributed by atoms with E-state index in [1.54, 1.807) is 12.0 Å². The van der Waals surface area contributed by atoms with Crippen LogP contribution in [0.5, 0.6) is 5.75 Å². The molecule has 0 bridgehead atoms. The molecule has 1 amide bonds. The summed E-state index contributed by atoms with van der Waals surface area (Å²) in [6, 6.07) is 7.62. The predicted octanol–water partition coefficient (Wildman–Crippen LogP) is 2.00. The Hall–Kier alpha value is -2.30. The molecule has 0 aliphatic carbocycles. The van der Waals surface area contributed by atoms with Crippen LogP contribution in [0.3, 0.4) is 0 Å². The Labute approximate surface area is 117 Å². The van der Waals surface area contributed by atoms with E-state index in [2.05, 4.69) is 0 Å².